The summed E-state index contributed by atoms with van der Waals surface area (Å²) in [4.78, 5) is 3.82. The van der Waals surface area contributed by atoms with Gasteiger partial charge in [0.05, 0.1) is 5.56 Å². The highest BCUT2D eigenvalue weighted by atomic mass is 32.1. The van der Waals surface area contributed by atoms with E-state index in [2.05, 4.69) is 4.98 Å². The Morgan fingerprint density at radius 1 is 1.09 bits per heavy atom. The van der Waals surface area contributed by atoms with Crippen LogP contribution in [0.1, 0.15) is 16.3 Å². The predicted octanol–water partition coefficient (Wildman–Crippen LogP) is 4.10. The summed E-state index contributed by atoms with van der Waals surface area (Å²) in [5.74, 6) is -12.6. The molecule has 2 aromatic rings. The zero-order chi connectivity index (χ0) is 16.6. The average molecular weight is 332 g/mol. The largest absolute Gasteiger partial charge is 0.506 e. The lowest BCUT2D eigenvalue weighted by atomic mass is 10.1. The summed E-state index contributed by atoms with van der Waals surface area (Å²) in [6, 6.07) is 1.44. The van der Waals surface area contributed by atoms with E-state index in [0.29, 0.717) is 5.69 Å². The molecule has 0 aliphatic carbocycles. The zero-order valence-corrected chi connectivity index (χ0v) is 11.5. The van der Waals surface area contributed by atoms with Crippen LogP contribution in [0.15, 0.2) is 5.38 Å². The van der Waals surface area contributed by atoms with Gasteiger partial charge in [0.2, 0.25) is 5.82 Å². The summed E-state index contributed by atoms with van der Waals surface area (Å²) >= 11 is 0.871. The molecule has 0 amide bonds. The van der Waals surface area contributed by atoms with Crippen molar-refractivity contribution in [3.8, 4) is 6.07 Å². The third-order valence-corrected chi connectivity index (χ3v) is 3.61. The van der Waals surface area contributed by atoms with Crippen LogP contribution in [0.2, 0.25) is 0 Å². The predicted molar refractivity (Wildman–Crippen MR) is 68.1 cm³/mol. The molecule has 22 heavy (non-hydrogen) atoms. The van der Waals surface area contributed by atoms with E-state index in [1.165, 1.54) is 11.4 Å². The van der Waals surface area contributed by atoms with Crippen LogP contribution in [0.3, 0.4) is 0 Å². The van der Waals surface area contributed by atoms with Gasteiger partial charge in [0.25, 0.3) is 0 Å². The first-order chi connectivity index (χ1) is 10.3. The van der Waals surface area contributed by atoms with E-state index in [9.17, 15) is 27.1 Å². The molecule has 0 saturated carbocycles. The van der Waals surface area contributed by atoms with Crippen molar-refractivity contribution in [2.45, 2.75) is 6.92 Å². The quantitative estimate of drug-likeness (QED) is 0.296. The van der Waals surface area contributed by atoms with Crippen LogP contribution in [-0.2, 0) is 0 Å². The Morgan fingerprint density at radius 3 is 2.00 bits per heavy atom. The van der Waals surface area contributed by atoms with Gasteiger partial charge in [0.15, 0.2) is 23.3 Å². The SMILES string of the molecule is Cc1csc(/C(C#N)=C(\O)c2c(F)c(F)c(F)c(F)c2F)n1. The van der Waals surface area contributed by atoms with Gasteiger partial charge in [-0.2, -0.15) is 5.26 Å². The summed E-state index contributed by atoms with van der Waals surface area (Å²) < 4.78 is 66.5. The Balaban J connectivity index is 2.80. The summed E-state index contributed by atoms with van der Waals surface area (Å²) in [6.45, 7) is 1.56. The van der Waals surface area contributed by atoms with E-state index < -0.39 is 46.0 Å². The molecule has 0 radical (unpaired) electrons. The molecule has 1 aromatic heterocycles. The number of aliphatic hydroxyl groups is 1. The first kappa shape index (κ1) is 15.9. The van der Waals surface area contributed by atoms with Gasteiger partial charge in [0.1, 0.15) is 22.4 Å². The summed E-state index contributed by atoms with van der Waals surface area (Å²) in [5, 5.41) is 20.2. The van der Waals surface area contributed by atoms with Crippen LogP contribution in [0.5, 0.6) is 0 Å². The Hall–Kier alpha value is -2.47. The number of benzene rings is 1. The van der Waals surface area contributed by atoms with Crippen molar-refractivity contribution in [3.05, 3.63) is 50.7 Å². The fraction of sp³-hybridized carbons (Fsp3) is 0.0769. The molecule has 1 N–H and O–H groups in total. The summed E-state index contributed by atoms with van der Waals surface area (Å²) in [5.41, 5.74) is -1.81. The van der Waals surface area contributed by atoms with Gasteiger partial charge in [-0.1, -0.05) is 0 Å². The van der Waals surface area contributed by atoms with Gasteiger partial charge >= 0.3 is 0 Å². The Labute approximate surface area is 124 Å². The van der Waals surface area contributed by atoms with Gasteiger partial charge in [-0.25, -0.2) is 26.9 Å². The number of aryl methyl sites for hydroxylation is 1. The Bertz CT molecular complexity index is 809. The molecule has 1 heterocycles. The maximum absolute atomic E-state index is 13.6. The van der Waals surface area contributed by atoms with Crippen LogP contribution in [0.25, 0.3) is 11.3 Å². The van der Waals surface area contributed by atoms with E-state index in [-0.39, 0.29) is 5.01 Å². The second-order valence-electron chi connectivity index (χ2n) is 4.07. The molecule has 0 atom stereocenters. The number of nitrogens with zero attached hydrogens (tertiary/aromatic N) is 2. The molecule has 0 aliphatic rings. The van der Waals surface area contributed by atoms with Crippen molar-refractivity contribution in [2.75, 3.05) is 0 Å². The third kappa shape index (κ3) is 2.42. The molecule has 1 aromatic carbocycles. The van der Waals surface area contributed by atoms with Gasteiger partial charge < -0.3 is 5.11 Å². The smallest absolute Gasteiger partial charge is 0.200 e. The Kier molecular flexibility index (Phi) is 4.14. The fourth-order valence-electron chi connectivity index (χ4n) is 1.61. The van der Waals surface area contributed by atoms with Gasteiger partial charge in [0, 0.05) is 11.1 Å². The molecule has 0 fully saturated rings. The number of hydrogen-bond donors (Lipinski definition) is 1. The van der Waals surface area contributed by atoms with E-state index in [1.54, 1.807) is 6.92 Å². The van der Waals surface area contributed by atoms with Gasteiger partial charge in [-0.3, -0.25) is 0 Å². The first-order valence-corrected chi connectivity index (χ1v) is 6.45. The highest BCUT2D eigenvalue weighted by molar-refractivity contribution is 7.11. The van der Waals surface area contributed by atoms with Crippen molar-refractivity contribution in [1.82, 2.24) is 4.98 Å². The number of allylic oxidation sites excluding steroid dienone is 1. The Morgan fingerprint density at radius 2 is 1.59 bits per heavy atom. The van der Waals surface area contributed by atoms with Crippen molar-refractivity contribution in [3.63, 3.8) is 0 Å². The molecule has 0 saturated heterocycles. The number of nitriles is 1. The van der Waals surface area contributed by atoms with Gasteiger partial charge in [-0.05, 0) is 6.92 Å². The topological polar surface area (TPSA) is 56.9 Å². The minimum atomic E-state index is -2.35. The monoisotopic (exact) mass is 332 g/mol. The molecule has 0 unspecified atom stereocenters. The molecule has 0 bridgehead atoms. The van der Waals surface area contributed by atoms with Gasteiger partial charge in [-0.15, -0.1) is 11.3 Å². The van der Waals surface area contributed by atoms with Crippen molar-refractivity contribution in [1.29, 1.82) is 5.26 Å². The van der Waals surface area contributed by atoms with Crippen molar-refractivity contribution < 1.29 is 27.1 Å². The highest BCUT2D eigenvalue weighted by Gasteiger charge is 2.30. The molecule has 0 spiro atoms. The number of thiazole rings is 1. The van der Waals surface area contributed by atoms with Crippen molar-refractivity contribution >= 4 is 22.7 Å². The normalized spacial score (nSPS) is 12.0. The molecule has 3 nitrogen and oxygen atoms in total. The first-order valence-electron chi connectivity index (χ1n) is 5.57. The van der Waals surface area contributed by atoms with Crippen LogP contribution in [0, 0.1) is 47.3 Å². The fourth-order valence-corrected chi connectivity index (χ4v) is 2.40. The second kappa shape index (κ2) is 5.73. The lowest BCUT2D eigenvalue weighted by Gasteiger charge is -2.08. The van der Waals surface area contributed by atoms with Crippen molar-refractivity contribution in [2.24, 2.45) is 0 Å². The lowest BCUT2D eigenvalue weighted by molar-refractivity contribution is 0.370. The van der Waals surface area contributed by atoms with Crippen LogP contribution < -0.4 is 0 Å². The van der Waals surface area contributed by atoms with Crippen LogP contribution in [-0.4, -0.2) is 10.1 Å². The second-order valence-corrected chi connectivity index (χ2v) is 4.93. The standard InChI is InChI=1S/C13H5F5N2OS/c1-4-3-22-13(20-4)5(2-19)12(21)6-7(14)9(16)11(18)10(17)8(6)15/h3,21H,1H3/b12-5-. The molecule has 114 valence electrons. The summed E-state index contributed by atoms with van der Waals surface area (Å²) in [6.07, 6.45) is 0. The van der Waals surface area contributed by atoms with Crippen LogP contribution in [0.4, 0.5) is 22.0 Å². The lowest BCUT2D eigenvalue weighted by Crippen LogP contribution is -2.07. The molecule has 9 heteroatoms. The van der Waals surface area contributed by atoms with E-state index in [4.69, 9.17) is 5.26 Å². The zero-order valence-electron chi connectivity index (χ0n) is 10.7. The van der Waals surface area contributed by atoms with Crippen LogP contribution >= 0.6 is 11.3 Å². The molecule has 2 rings (SSSR count). The number of aliphatic hydroxyl groups excluding tert-OH is 1. The maximum Gasteiger partial charge on any atom is 0.200 e. The molecular formula is C13H5F5N2OS. The number of rotatable bonds is 2. The van der Waals surface area contributed by atoms with E-state index >= 15 is 0 Å². The highest BCUT2D eigenvalue weighted by Crippen LogP contribution is 2.32. The summed E-state index contributed by atoms with van der Waals surface area (Å²) in [7, 11) is 0. The molecule has 0 aliphatic heterocycles. The molecular weight excluding hydrogens is 327 g/mol. The number of hydrogen-bond acceptors (Lipinski definition) is 4. The van der Waals surface area contributed by atoms with E-state index in [1.807, 2.05) is 0 Å². The average Bonchev–Trinajstić information content (AvgIpc) is 2.90. The third-order valence-electron chi connectivity index (χ3n) is 2.63. The minimum Gasteiger partial charge on any atom is -0.506 e. The maximum atomic E-state index is 13.6. The minimum absolute atomic E-state index is 0.110. The van der Waals surface area contributed by atoms with E-state index in [0.717, 1.165) is 11.3 Å². The number of aromatic nitrogens is 1. The number of halogens is 5.